The highest BCUT2D eigenvalue weighted by Gasteiger charge is 2.36. The number of alkyl halides is 3. The average Bonchev–Trinajstić information content (AvgIpc) is 3.68. The maximum absolute atomic E-state index is 13.8. The van der Waals surface area contributed by atoms with Crippen LogP contribution < -0.4 is 5.69 Å². The summed E-state index contributed by atoms with van der Waals surface area (Å²) in [6, 6.07) is 12.3. The Balaban J connectivity index is 1.52. The molecule has 0 bridgehead atoms. The van der Waals surface area contributed by atoms with E-state index in [0.29, 0.717) is 30.2 Å². The minimum absolute atomic E-state index is 0.168. The molecule has 12 heteroatoms. The molecule has 0 saturated heterocycles. The van der Waals surface area contributed by atoms with Crippen LogP contribution in [0.2, 0.25) is 0 Å². The van der Waals surface area contributed by atoms with E-state index in [4.69, 9.17) is 0 Å². The van der Waals surface area contributed by atoms with E-state index < -0.39 is 17.4 Å². The Morgan fingerprint density at radius 1 is 1.03 bits per heavy atom. The largest absolute Gasteiger partial charge is 0.419 e. The SMILES string of the molecule is CCCCc1cn(-c2c(C(F)(F)F)ccn2CC)c(=O)n1Cc1ccc(-c2ccccc2-c2nn[nH]n2)nc1. The van der Waals surface area contributed by atoms with E-state index in [2.05, 4.69) is 25.6 Å². The smallest absolute Gasteiger partial charge is 0.334 e. The van der Waals surface area contributed by atoms with Crippen LogP contribution in [0.1, 0.15) is 43.5 Å². The third kappa shape index (κ3) is 5.14. The van der Waals surface area contributed by atoms with Crippen LogP contribution in [0.5, 0.6) is 0 Å². The van der Waals surface area contributed by atoms with E-state index in [0.717, 1.165) is 40.2 Å². The monoisotopic (exact) mass is 536 g/mol. The average molecular weight is 537 g/mol. The Kier molecular flexibility index (Phi) is 7.18. The summed E-state index contributed by atoms with van der Waals surface area (Å²) >= 11 is 0. The Bertz CT molecular complexity index is 1610. The minimum Gasteiger partial charge on any atom is -0.334 e. The lowest BCUT2D eigenvalue weighted by molar-refractivity contribution is -0.137. The zero-order chi connectivity index (χ0) is 27.6. The van der Waals surface area contributed by atoms with Gasteiger partial charge in [-0.2, -0.15) is 18.4 Å². The maximum Gasteiger partial charge on any atom is 0.419 e. The minimum atomic E-state index is -4.58. The number of aromatic nitrogens is 8. The van der Waals surface area contributed by atoms with Crippen molar-refractivity contribution < 1.29 is 13.2 Å². The number of H-pyrrole nitrogens is 1. The summed E-state index contributed by atoms with van der Waals surface area (Å²) in [5, 5.41) is 14.2. The van der Waals surface area contributed by atoms with Gasteiger partial charge in [0.05, 0.1) is 17.8 Å². The van der Waals surface area contributed by atoms with E-state index >= 15 is 0 Å². The van der Waals surface area contributed by atoms with Crippen molar-refractivity contribution in [3.63, 3.8) is 0 Å². The van der Waals surface area contributed by atoms with Crippen molar-refractivity contribution in [3.8, 4) is 28.5 Å². The summed E-state index contributed by atoms with van der Waals surface area (Å²) in [5.41, 5.74) is 2.33. The molecule has 0 unspecified atom stereocenters. The second-order valence-corrected chi connectivity index (χ2v) is 9.13. The molecule has 0 atom stereocenters. The molecule has 1 N–H and O–H groups in total. The van der Waals surface area contributed by atoms with Crippen LogP contribution in [0.25, 0.3) is 28.5 Å². The molecule has 202 valence electrons. The van der Waals surface area contributed by atoms with Gasteiger partial charge in [-0.15, -0.1) is 10.2 Å². The molecule has 39 heavy (non-hydrogen) atoms. The van der Waals surface area contributed by atoms with Gasteiger partial charge in [0.1, 0.15) is 5.82 Å². The van der Waals surface area contributed by atoms with Gasteiger partial charge >= 0.3 is 11.9 Å². The number of halogens is 3. The highest BCUT2D eigenvalue weighted by Crippen LogP contribution is 2.34. The fourth-order valence-corrected chi connectivity index (χ4v) is 4.65. The number of hydrogen-bond donors (Lipinski definition) is 1. The summed E-state index contributed by atoms with van der Waals surface area (Å²) in [4.78, 5) is 18.2. The molecule has 0 amide bonds. The molecule has 0 saturated carbocycles. The van der Waals surface area contributed by atoms with E-state index in [1.165, 1.54) is 21.5 Å². The van der Waals surface area contributed by atoms with Crippen LogP contribution in [0.15, 0.2) is 65.8 Å². The topological polar surface area (TPSA) is 99.2 Å². The number of nitrogens with one attached hydrogen (secondary N) is 1. The summed E-state index contributed by atoms with van der Waals surface area (Å²) in [6.07, 6.45) is 2.24. The highest BCUT2D eigenvalue weighted by molar-refractivity contribution is 5.78. The summed E-state index contributed by atoms with van der Waals surface area (Å²) < 4.78 is 45.5. The summed E-state index contributed by atoms with van der Waals surface area (Å²) in [7, 11) is 0. The molecular weight excluding hydrogens is 509 g/mol. The van der Waals surface area contributed by atoms with Crippen LogP contribution in [0.4, 0.5) is 13.2 Å². The molecular formula is C27H27F3N8O. The van der Waals surface area contributed by atoms with Crippen molar-refractivity contribution in [2.45, 2.75) is 52.4 Å². The van der Waals surface area contributed by atoms with Gasteiger partial charge < -0.3 is 4.57 Å². The second-order valence-electron chi connectivity index (χ2n) is 9.13. The van der Waals surface area contributed by atoms with Gasteiger partial charge in [-0.1, -0.05) is 43.7 Å². The Morgan fingerprint density at radius 2 is 1.82 bits per heavy atom. The Hall–Kier alpha value is -4.48. The molecule has 0 spiro atoms. The van der Waals surface area contributed by atoms with E-state index in [9.17, 15) is 18.0 Å². The second kappa shape index (κ2) is 10.7. The first kappa shape index (κ1) is 26.1. The van der Waals surface area contributed by atoms with Crippen molar-refractivity contribution in [1.29, 1.82) is 0 Å². The molecule has 5 rings (SSSR count). The van der Waals surface area contributed by atoms with E-state index in [1.54, 1.807) is 13.1 Å². The lowest BCUT2D eigenvalue weighted by Crippen LogP contribution is -2.27. The van der Waals surface area contributed by atoms with Crippen LogP contribution in [0.3, 0.4) is 0 Å². The number of benzene rings is 1. The number of aryl methyl sites for hydroxylation is 2. The van der Waals surface area contributed by atoms with Crippen LogP contribution in [-0.2, 0) is 25.7 Å². The molecule has 0 aliphatic heterocycles. The lowest BCUT2D eigenvalue weighted by atomic mass is 10.0. The van der Waals surface area contributed by atoms with Gasteiger partial charge in [0.2, 0.25) is 5.82 Å². The molecule has 0 aliphatic rings. The van der Waals surface area contributed by atoms with Crippen LogP contribution in [0, 0.1) is 0 Å². The van der Waals surface area contributed by atoms with Gasteiger partial charge in [0.15, 0.2) is 0 Å². The van der Waals surface area contributed by atoms with Crippen molar-refractivity contribution in [2.24, 2.45) is 0 Å². The first-order valence-electron chi connectivity index (χ1n) is 12.7. The van der Waals surface area contributed by atoms with Crippen LogP contribution >= 0.6 is 0 Å². The van der Waals surface area contributed by atoms with Gasteiger partial charge in [-0.25, -0.2) is 4.79 Å². The van der Waals surface area contributed by atoms with E-state index in [1.807, 2.05) is 43.3 Å². The quantitative estimate of drug-likeness (QED) is 0.282. The van der Waals surface area contributed by atoms with Crippen molar-refractivity contribution >= 4 is 0 Å². The summed E-state index contributed by atoms with van der Waals surface area (Å²) in [6.45, 7) is 4.25. The standard InChI is InChI=1S/C27H27F3N8O/c1-3-5-8-19-17-38(25-22(27(28,29)30)13-14-36(25)4-2)26(39)37(19)16-18-11-12-23(31-15-18)20-9-6-7-10-21(20)24-32-34-35-33-24/h6-7,9-15,17H,3-5,8,16H2,1-2H3,(H,32,33,34,35). The maximum atomic E-state index is 13.8. The molecule has 4 aromatic heterocycles. The first-order valence-corrected chi connectivity index (χ1v) is 12.7. The number of imidazole rings is 1. The van der Waals surface area contributed by atoms with Gasteiger partial charge in [0.25, 0.3) is 0 Å². The van der Waals surface area contributed by atoms with Gasteiger partial charge in [-0.05, 0) is 42.7 Å². The molecule has 5 aromatic rings. The zero-order valence-electron chi connectivity index (χ0n) is 21.5. The molecule has 0 radical (unpaired) electrons. The molecule has 9 nitrogen and oxygen atoms in total. The lowest BCUT2D eigenvalue weighted by Gasteiger charge is -2.12. The predicted octanol–water partition coefficient (Wildman–Crippen LogP) is 5.11. The van der Waals surface area contributed by atoms with Gasteiger partial charge in [0, 0.05) is 42.0 Å². The number of tetrazole rings is 1. The number of nitrogens with zero attached hydrogens (tertiary/aromatic N) is 7. The number of aromatic amines is 1. The fraction of sp³-hybridized carbons (Fsp3) is 0.296. The predicted molar refractivity (Wildman–Crippen MR) is 139 cm³/mol. The fourth-order valence-electron chi connectivity index (χ4n) is 4.65. The Morgan fingerprint density at radius 3 is 2.46 bits per heavy atom. The number of hydrogen-bond acceptors (Lipinski definition) is 5. The van der Waals surface area contributed by atoms with Crippen LogP contribution in [-0.4, -0.2) is 39.3 Å². The van der Waals surface area contributed by atoms with Crippen molar-refractivity contribution in [3.05, 3.63) is 88.4 Å². The third-order valence-electron chi connectivity index (χ3n) is 6.61. The zero-order valence-corrected chi connectivity index (χ0v) is 21.5. The Labute approximate surface area is 221 Å². The number of unbranched alkanes of at least 4 members (excludes halogenated alkanes) is 1. The molecule has 4 heterocycles. The number of pyridine rings is 1. The third-order valence-corrected chi connectivity index (χ3v) is 6.61. The highest BCUT2D eigenvalue weighted by atomic mass is 19.4. The van der Waals surface area contributed by atoms with Crippen molar-refractivity contribution in [1.82, 2.24) is 39.3 Å². The first-order chi connectivity index (χ1) is 18.8. The molecule has 0 fully saturated rings. The summed E-state index contributed by atoms with van der Waals surface area (Å²) in [5.74, 6) is 0.276. The van der Waals surface area contributed by atoms with Gasteiger partial charge in [-0.3, -0.25) is 14.1 Å². The number of rotatable bonds is 9. The molecule has 0 aliphatic carbocycles. The van der Waals surface area contributed by atoms with E-state index in [-0.39, 0.29) is 12.4 Å². The van der Waals surface area contributed by atoms with Crippen molar-refractivity contribution in [2.75, 3.05) is 0 Å². The normalized spacial score (nSPS) is 11.8. The molecule has 1 aromatic carbocycles.